The van der Waals surface area contributed by atoms with Crippen LogP contribution in [0.3, 0.4) is 0 Å². The minimum absolute atomic E-state index is 0.178. The standard InChI is InChI=1S/C27H52N2P2/c1-4-12-24(13-5-1)30(25-14-6-2-7-15-25)22-20-28-21-23-31(26-16-8-3-9-17-26)27-18-10-11-19-29-27/h24-29H,1-23H2. The van der Waals surface area contributed by atoms with E-state index in [0.29, 0.717) is 0 Å². The lowest BCUT2D eigenvalue weighted by atomic mass is 9.99. The second-order valence-corrected chi connectivity index (χ2v) is 16.8. The molecule has 3 aliphatic carbocycles. The summed E-state index contributed by atoms with van der Waals surface area (Å²) >= 11 is 0. The van der Waals surface area contributed by atoms with Crippen LogP contribution >= 0.6 is 15.8 Å². The van der Waals surface area contributed by atoms with E-state index in [1.54, 1.807) is 38.5 Å². The van der Waals surface area contributed by atoms with Crippen molar-refractivity contribution in [3.63, 3.8) is 0 Å². The maximum absolute atomic E-state index is 4.01. The van der Waals surface area contributed by atoms with Gasteiger partial charge in [-0.1, -0.05) is 80.1 Å². The van der Waals surface area contributed by atoms with Crippen LogP contribution in [0.4, 0.5) is 0 Å². The van der Waals surface area contributed by atoms with Crippen LogP contribution in [0.5, 0.6) is 0 Å². The van der Waals surface area contributed by atoms with Crippen molar-refractivity contribution in [2.45, 2.75) is 138 Å². The first-order valence-electron chi connectivity index (χ1n) is 14.4. The van der Waals surface area contributed by atoms with Crippen molar-refractivity contribution in [1.82, 2.24) is 10.6 Å². The Labute approximate surface area is 196 Å². The lowest BCUT2D eigenvalue weighted by Crippen LogP contribution is -2.37. The Balaban J connectivity index is 1.23. The quantitative estimate of drug-likeness (QED) is 0.255. The number of rotatable bonds is 10. The molecule has 0 spiro atoms. The van der Waals surface area contributed by atoms with Gasteiger partial charge in [-0.25, -0.2) is 0 Å². The molecule has 0 aromatic carbocycles. The van der Waals surface area contributed by atoms with E-state index in [4.69, 9.17) is 0 Å². The highest BCUT2D eigenvalue weighted by Gasteiger charge is 2.32. The maximum Gasteiger partial charge on any atom is 0.0271 e. The summed E-state index contributed by atoms with van der Waals surface area (Å²) in [6.45, 7) is 3.92. The van der Waals surface area contributed by atoms with E-state index < -0.39 is 0 Å². The van der Waals surface area contributed by atoms with Crippen molar-refractivity contribution in [3.05, 3.63) is 0 Å². The van der Waals surface area contributed by atoms with Crippen molar-refractivity contribution >= 4 is 15.8 Å². The number of piperidine rings is 1. The van der Waals surface area contributed by atoms with E-state index in [0.717, 1.165) is 22.8 Å². The molecule has 1 saturated heterocycles. The molecule has 4 heteroatoms. The highest BCUT2D eigenvalue weighted by atomic mass is 31.1. The number of hydrogen-bond acceptors (Lipinski definition) is 2. The third-order valence-electron chi connectivity index (χ3n) is 8.91. The Morgan fingerprint density at radius 3 is 1.45 bits per heavy atom. The molecule has 1 heterocycles. The van der Waals surface area contributed by atoms with Crippen molar-refractivity contribution in [2.75, 3.05) is 32.0 Å². The molecule has 1 aliphatic heterocycles. The first-order valence-corrected chi connectivity index (χ1v) is 17.7. The highest BCUT2D eigenvalue weighted by molar-refractivity contribution is 7.59. The van der Waals surface area contributed by atoms with Crippen LogP contribution in [0.1, 0.15) is 116 Å². The van der Waals surface area contributed by atoms with Gasteiger partial charge in [0.25, 0.3) is 0 Å². The molecule has 31 heavy (non-hydrogen) atoms. The van der Waals surface area contributed by atoms with Crippen LogP contribution in [0.2, 0.25) is 0 Å². The molecule has 2 atom stereocenters. The van der Waals surface area contributed by atoms with Crippen LogP contribution in [0.25, 0.3) is 0 Å². The van der Waals surface area contributed by atoms with E-state index >= 15 is 0 Å². The fraction of sp³-hybridized carbons (Fsp3) is 1.00. The molecule has 3 saturated carbocycles. The molecule has 4 rings (SSSR count). The zero-order valence-electron chi connectivity index (χ0n) is 20.5. The van der Waals surface area contributed by atoms with Gasteiger partial charge in [0, 0.05) is 5.78 Å². The largest absolute Gasteiger partial charge is 0.316 e. The predicted molar refractivity (Wildman–Crippen MR) is 143 cm³/mol. The third kappa shape index (κ3) is 7.91. The van der Waals surface area contributed by atoms with Crippen molar-refractivity contribution in [2.24, 2.45) is 0 Å². The van der Waals surface area contributed by atoms with Crippen LogP contribution in [-0.2, 0) is 0 Å². The number of nitrogens with one attached hydrogen (secondary N) is 2. The van der Waals surface area contributed by atoms with Crippen molar-refractivity contribution in [1.29, 1.82) is 0 Å². The summed E-state index contributed by atoms with van der Waals surface area (Å²) in [4.78, 5) is 0. The van der Waals surface area contributed by atoms with Gasteiger partial charge in [-0.15, -0.1) is 0 Å². The summed E-state index contributed by atoms with van der Waals surface area (Å²) in [6, 6.07) is 0. The van der Waals surface area contributed by atoms with Gasteiger partial charge >= 0.3 is 0 Å². The fourth-order valence-electron chi connectivity index (χ4n) is 7.15. The summed E-state index contributed by atoms with van der Waals surface area (Å²) in [6.07, 6.45) is 30.4. The van der Waals surface area contributed by atoms with Gasteiger partial charge in [-0.3, -0.25) is 0 Å². The summed E-state index contributed by atoms with van der Waals surface area (Å²) in [5, 5.41) is 7.97. The second kappa shape index (κ2) is 14.2. The summed E-state index contributed by atoms with van der Waals surface area (Å²) in [5.41, 5.74) is 3.32. The van der Waals surface area contributed by atoms with E-state index in [-0.39, 0.29) is 15.8 Å². The summed E-state index contributed by atoms with van der Waals surface area (Å²) in [5.74, 6) is 0.884. The molecule has 2 nitrogen and oxygen atoms in total. The first kappa shape index (κ1) is 24.9. The highest BCUT2D eigenvalue weighted by Crippen LogP contribution is 2.55. The molecule has 0 aromatic heterocycles. The average Bonchev–Trinajstić information content (AvgIpc) is 2.86. The predicted octanol–water partition coefficient (Wildman–Crippen LogP) is 7.64. The minimum Gasteiger partial charge on any atom is -0.316 e. The molecule has 2 unspecified atom stereocenters. The Hall–Kier alpha value is 0.780. The molecular weight excluding hydrogens is 414 g/mol. The van der Waals surface area contributed by atoms with Gasteiger partial charge in [0.2, 0.25) is 0 Å². The average molecular weight is 467 g/mol. The van der Waals surface area contributed by atoms with Gasteiger partial charge < -0.3 is 10.6 Å². The summed E-state index contributed by atoms with van der Waals surface area (Å²) in [7, 11) is 0.456. The first-order chi connectivity index (χ1) is 15.4. The Morgan fingerprint density at radius 1 is 0.516 bits per heavy atom. The zero-order chi connectivity index (χ0) is 21.1. The number of hydrogen-bond donors (Lipinski definition) is 2. The van der Waals surface area contributed by atoms with Crippen LogP contribution in [0.15, 0.2) is 0 Å². The van der Waals surface area contributed by atoms with Gasteiger partial charge in [-0.05, 0) is 100 Å². The second-order valence-electron chi connectivity index (χ2n) is 11.1. The van der Waals surface area contributed by atoms with Gasteiger partial charge in [0.05, 0.1) is 0 Å². The zero-order valence-corrected chi connectivity index (χ0v) is 22.3. The Bertz CT molecular complexity index is 386. The monoisotopic (exact) mass is 466 g/mol. The molecule has 0 bridgehead atoms. The van der Waals surface area contributed by atoms with Crippen LogP contribution in [0, 0.1) is 0 Å². The Kier molecular flexibility index (Phi) is 11.4. The van der Waals surface area contributed by atoms with E-state index in [2.05, 4.69) is 10.6 Å². The molecule has 0 amide bonds. The topological polar surface area (TPSA) is 24.1 Å². The van der Waals surface area contributed by atoms with Crippen LogP contribution in [-0.4, -0.2) is 54.7 Å². The molecule has 0 radical (unpaired) electrons. The molecule has 4 fully saturated rings. The lowest BCUT2D eigenvalue weighted by Gasteiger charge is -2.39. The van der Waals surface area contributed by atoms with Gasteiger partial charge in [-0.2, -0.15) is 0 Å². The van der Waals surface area contributed by atoms with Crippen LogP contribution < -0.4 is 10.6 Å². The van der Waals surface area contributed by atoms with Gasteiger partial charge in [0.15, 0.2) is 0 Å². The lowest BCUT2D eigenvalue weighted by molar-refractivity contribution is 0.467. The van der Waals surface area contributed by atoms with E-state index in [1.165, 1.54) is 109 Å². The molecular formula is C27H52N2P2. The third-order valence-corrected chi connectivity index (χ3v) is 16.0. The van der Waals surface area contributed by atoms with Gasteiger partial charge in [0.1, 0.15) is 0 Å². The van der Waals surface area contributed by atoms with E-state index in [9.17, 15) is 0 Å². The minimum atomic E-state index is 0.178. The molecule has 0 aromatic rings. The van der Waals surface area contributed by atoms with Crippen molar-refractivity contribution in [3.8, 4) is 0 Å². The Morgan fingerprint density at radius 2 is 0.968 bits per heavy atom. The maximum atomic E-state index is 4.01. The molecule has 4 aliphatic rings. The summed E-state index contributed by atoms with van der Waals surface area (Å²) < 4.78 is 0. The fourth-order valence-corrected chi connectivity index (χ4v) is 14.5. The molecule has 2 N–H and O–H groups in total. The normalized spacial score (nSPS) is 28.7. The smallest absolute Gasteiger partial charge is 0.0271 e. The van der Waals surface area contributed by atoms with E-state index in [1.807, 2.05) is 0 Å². The van der Waals surface area contributed by atoms with Crippen molar-refractivity contribution < 1.29 is 0 Å². The molecule has 180 valence electrons. The SMILES string of the molecule is C1CCC(P(CCNCCP(C2CCCCC2)C2CCCCN2)C2CCCCC2)CC1.